The van der Waals surface area contributed by atoms with Crippen molar-refractivity contribution in [3.8, 4) is 0 Å². The molecule has 1 heterocycles. The molecule has 0 aromatic heterocycles. The van der Waals surface area contributed by atoms with Crippen molar-refractivity contribution in [2.75, 3.05) is 0 Å². The highest BCUT2D eigenvalue weighted by Gasteiger charge is 2.34. The van der Waals surface area contributed by atoms with Gasteiger partial charge in [0.05, 0.1) is 12.8 Å². The van der Waals surface area contributed by atoms with Crippen molar-refractivity contribution in [1.29, 1.82) is 0 Å². The highest BCUT2D eigenvalue weighted by Crippen LogP contribution is 2.04. The molecular weight excluding hydrogens is 130 g/mol. The quantitative estimate of drug-likeness (QED) is 0.388. The number of carbonyl (C=O) groups excluding carboxylic acids is 2. The highest BCUT2D eigenvalue weighted by atomic mass is 16.2. The standard InChI is InChI=1S/C7H10NO2/c1-2-5-8-6(9)3-4-7(8)10/h5H,2-4H2,1H3/q+1. The minimum atomic E-state index is -0.0631. The van der Waals surface area contributed by atoms with Crippen LogP contribution in [0, 0.1) is 0 Å². The third-order valence-electron chi connectivity index (χ3n) is 1.46. The Morgan fingerprint density at radius 2 is 1.90 bits per heavy atom. The second kappa shape index (κ2) is 2.73. The topological polar surface area (TPSA) is 37.1 Å². The lowest BCUT2D eigenvalue weighted by molar-refractivity contribution is -0.369. The van der Waals surface area contributed by atoms with Gasteiger partial charge >= 0.3 is 11.8 Å². The first-order valence-electron chi connectivity index (χ1n) is 3.44. The minimum absolute atomic E-state index is 0.0631. The summed E-state index contributed by atoms with van der Waals surface area (Å²) in [5.41, 5.74) is 0. The zero-order chi connectivity index (χ0) is 7.56. The second-order valence-electron chi connectivity index (χ2n) is 2.25. The Bertz CT molecular complexity index is 188. The molecule has 2 amide bonds. The van der Waals surface area contributed by atoms with Gasteiger partial charge in [0.2, 0.25) is 0 Å². The van der Waals surface area contributed by atoms with E-state index in [0.717, 1.165) is 6.42 Å². The molecule has 54 valence electrons. The van der Waals surface area contributed by atoms with E-state index in [9.17, 15) is 9.59 Å². The first-order valence-corrected chi connectivity index (χ1v) is 3.44. The van der Waals surface area contributed by atoms with Crippen molar-refractivity contribution in [3.63, 3.8) is 0 Å². The van der Waals surface area contributed by atoms with Crippen LogP contribution in [0.2, 0.25) is 0 Å². The van der Waals surface area contributed by atoms with Crippen LogP contribution in [0.4, 0.5) is 0 Å². The van der Waals surface area contributed by atoms with Crippen LogP contribution < -0.4 is 0 Å². The molecule has 0 spiro atoms. The fourth-order valence-electron chi connectivity index (χ4n) is 0.980. The third-order valence-corrected chi connectivity index (χ3v) is 1.46. The average molecular weight is 140 g/mol. The van der Waals surface area contributed by atoms with Gasteiger partial charge in [0.1, 0.15) is 0 Å². The summed E-state index contributed by atoms with van der Waals surface area (Å²) in [6, 6.07) is 0. The predicted octanol–water partition coefficient (Wildman–Crippen LogP) is 0.327. The molecule has 1 fully saturated rings. The Labute approximate surface area is 59.4 Å². The van der Waals surface area contributed by atoms with E-state index in [4.69, 9.17) is 0 Å². The molecule has 1 saturated heterocycles. The molecule has 0 atom stereocenters. The number of hydrogen-bond donors (Lipinski definition) is 0. The minimum Gasteiger partial charge on any atom is -0.219 e. The zero-order valence-electron chi connectivity index (χ0n) is 5.96. The molecular formula is C7H10NO2+. The van der Waals surface area contributed by atoms with Crippen molar-refractivity contribution in [1.82, 2.24) is 0 Å². The van der Waals surface area contributed by atoms with E-state index in [1.165, 1.54) is 4.58 Å². The molecule has 3 heteroatoms. The van der Waals surface area contributed by atoms with E-state index in [1.54, 1.807) is 6.21 Å². The van der Waals surface area contributed by atoms with Crippen molar-refractivity contribution in [3.05, 3.63) is 0 Å². The van der Waals surface area contributed by atoms with E-state index in [-0.39, 0.29) is 11.8 Å². The molecule has 1 aliphatic heterocycles. The van der Waals surface area contributed by atoms with Crippen LogP contribution >= 0.6 is 0 Å². The van der Waals surface area contributed by atoms with Gasteiger partial charge in [-0.15, -0.1) is 4.58 Å². The first-order chi connectivity index (χ1) is 4.75. The lowest BCUT2D eigenvalue weighted by atomic mass is 10.4. The van der Waals surface area contributed by atoms with Crippen molar-refractivity contribution >= 4 is 18.0 Å². The summed E-state index contributed by atoms with van der Waals surface area (Å²) in [5.74, 6) is -0.126. The molecule has 10 heavy (non-hydrogen) atoms. The van der Waals surface area contributed by atoms with Gasteiger partial charge in [0.25, 0.3) is 0 Å². The van der Waals surface area contributed by atoms with Crippen LogP contribution in [0.5, 0.6) is 0 Å². The van der Waals surface area contributed by atoms with Crippen molar-refractivity contribution in [2.24, 2.45) is 0 Å². The Morgan fingerprint density at radius 3 is 2.30 bits per heavy atom. The van der Waals surface area contributed by atoms with E-state index in [1.807, 2.05) is 6.92 Å². The summed E-state index contributed by atoms with van der Waals surface area (Å²) in [5, 5.41) is 0. The maximum atomic E-state index is 10.8. The second-order valence-corrected chi connectivity index (χ2v) is 2.25. The predicted molar refractivity (Wildman–Crippen MR) is 35.9 cm³/mol. The maximum Gasteiger partial charge on any atom is 0.395 e. The van der Waals surface area contributed by atoms with E-state index in [2.05, 4.69) is 0 Å². The van der Waals surface area contributed by atoms with Crippen LogP contribution in [-0.2, 0) is 9.59 Å². The molecule has 0 N–H and O–H groups in total. The molecule has 0 saturated carbocycles. The van der Waals surface area contributed by atoms with Gasteiger partial charge in [0.15, 0.2) is 6.21 Å². The van der Waals surface area contributed by atoms with Gasteiger partial charge in [-0.3, -0.25) is 0 Å². The Morgan fingerprint density at radius 1 is 1.40 bits per heavy atom. The lowest BCUT2D eigenvalue weighted by Gasteiger charge is -1.81. The largest absolute Gasteiger partial charge is 0.395 e. The lowest BCUT2D eigenvalue weighted by Crippen LogP contribution is -2.18. The monoisotopic (exact) mass is 140 g/mol. The summed E-state index contributed by atoms with van der Waals surface area (Å²) < 4.78 is 1.22. The highest BCUT2D eigenvalue weighted by molar-refractivity contribution is 5.92. The summed E-state index contributed by atoms with van der Waals surface area (Å²) in [7, 11) is 0. The zero-order valence-corrected chi connectivity index (χ0v) is 5.96. The number of hydrogen-bond acceptors (Lipinski definition) is 2. The number of carbonyl (C=O) groups is 2. The number of nitrogens with zero attached hydrogens (tertiary/aromatic N) is 1. The molecule has 0 unspecified atom stereocenters. The molecule has 0 aromatic rings. The third kappa shape index (κ3) is 1.12. The van der Waals surface area contributed by atoms with Crippen LogP contribution in [0.3, 0.4) is 0 Å². The maximum absolute atomic E-state index is 10.8. The molecule has 0 aliphatic carbocycles. The summed E-state index contributed by atoms with van der Waals surface area (Å²) >= 11 is 0. The Hall–Kier alpha value is -0.990. The van der Waals surface area contributed by atoms with Gasteiger partial charge in [-0.05, 0) is 0 Å². The number of amides is 2. The van der Waals surface area contributed by atoms with Crippen LogP contribution in [0.25, 0.3) is 0 Å². The van der Waals surface area contributed by atoms with Gasteiger partial charge in [0, 0.05) is 6.42 Å². The fraction of sp³-hybridized carbons (Fsp3) is 0.571. The summed E-state index contributed by atoms with van der Waals surface area (Å²) in [4.78, 5) is 21.7. The van der Waals surface area contributed by atoms with Gasteiger partial charge < -0.3 is 0 Å². The number of rotatable bonds is 1. The van der Waals surface area contributed by atoms with Crippen LogP contribution in [0.1, 0.15) is 26.2 Å². The molecule has 3 nitrogen and oxygen atoms in total. The molecule has 1 rings (SSSR count). The normalized spacial score (nSPS) is 18.3. The van der Waals surface area contributed by atoms with Crippen molar-refractivity contribution in [2.45, 2.75) is 26.2 Å². The SMILES string of the molecule is CCC=[N+]1C(=O)CCC1=O. The fourth-order valence-corrected chi connectivity index (χ4v) is 0.980. The number of imide groups is 1. The smallest absolute Gasteiger partial charge is 0.219 e. The molecule has 1 aliphatic rings. The Kier molecular flexibility index (Phi) is 1.94. The first kappa shape index (κ1) is 7.12. The van der Waals surface area contributed by atoms with Gasteiger partial charge in [-0.2, -0.15) is 0 Å². The molecule has 0 bridgehead atoms. The van der Waals surface area contributed by atoms with Gasteiger partial charge in [-0.25, -0.2) is 9.59 Å². The molecule has 0 radical (unpaired) electrons. The van der Waals surface area contributed by atoms with Gasteiger partial charge in [-0.1, -0.05) is 6.92 Å². The van der Waals surface area contributed by atoms with E-state index in [0.29, 0.717) is 12.8 Å². The average Bonchev–Trinajstić information content (AvgIpc) is 2.20. The summed E-state index contributed by atoms with van der Waals surface area (Å²) in [6.45, 7) is 1.90. The molecule has 0 aromatic carbocycles. The van der Waals surface area contributed by atoms with Crippen LogP contribution in [0.15, 0.2) is 0 Å². The van der Waals surface area contributed by atoms with E-state index >= 15 is 0 Å². The van der Waals surface area contributed by atoms with E-state index < -0.39 is 0 Å². The summed E-state index contributed by atoms with van der Waals surface area (Å²) in [6.07, 6.45) is 3.14. The van der Waals surface area contributed by atoms with Crippen molar-refractivity contribution < 1.29 is 14.2 Å². The van der Waals surface area contributed by atoms with Crippen LogP contribution in [-0.4, -0.2) is 22.6 Å². The Balaban J connectivity index is 2.82.